The molecule has 3 rings (SSSR count). The summed E-state index contributed by atoms with van der Waals surface area (Å²) >= 11 is 2.01. The predicted molar refractivity (Wildman–Crippen MR) is 93.3 cm³/mol. The molecule has 120 valence electrons. The molecule has 0 saturated carbocycles. The Morgan fingerprint density at radius 2 is 2.00 bits per heavy atom. The number of benzene rings is 1. The van der Waals surface area contributed by atoms with E-state index in [4.69, 9.17) is 0 Å². The van der Waals surface area contributed by atoms with Gasteiger partial charge in [0, 0.05) is 30.9 Å². The van der Waals surface area contributed by atoms with E-state index < -0.39 is 0 Å². The molecule has 1 amide bonds. The van der Waals surface area contributed by atoms with Gasteiger partial charge in [-0.1, -0.05) is 37.3 Å². The Balaban J connectivity index is 1.57. The molecule has 2 heterocycles. The van der Waals surface area contributed by atoms with Gasteiger partial charge in [-0.15, -0.1) is 0 Å². The fourth-order valence-electron chi connectivity index (χ4n) is 3.71. The van der Waals surface area contributed by atoms with Crippen LogP contribution in [0.3, 0.4) is 0 Å². The second kappa shape index (κ2) is 7.05. The number of carbonyl (C=O) groups is 1. The van der Waals surface area contributed by atoms with Crippen LogP contribution in [-0.2, 0) is 4.79 Å². The number of carbonyl (C=O) groups excluding carboxylic acids is 1. The largest absolute Gasteiger partial charge is 0.350 e. The average Bonchev–Trinajstić information content (AvgIpc) is 2.87. The van der Waals surface area contributed by atoms with Crippen LogP contribution >= 0.6 is 11.8 Å². The van der Waals surface area contributed by atoms with Gasteiger partial charge in [-0.25, -0.2) is 0 Å². The molecule has 1 aromatic rings. The van der Waals surface area contributed by atoms with Crippen molar-refractivity contribution in [3.8, 4) is 0 Å². The number of rotatable bonds is 5. The molecule has 0 aliphatic carbocycles. The molecule has 0 aromatic heterocycles. The number of piperidine rings is 1. The zero-order valence-corrected chi connectivity index (χ0v) is 14.2. The van der Waals surface area contributed by atoms with Crippen LogP contribution in [-0.4, -0.2) is 47.5 Å². The fraction of sp³-hybridized carbons (Fsp3) is 0.611. The lowest BCUT2D eigenvalue weighted by molar-refractivity contribution is -0.121. The van der Waals surface area contributed by atoms with Gasteiger partial charge in [0.1, 0.15) is 0 Å². The smallest absolute Gasteiger partial charge is 0.228 e. The lowest BCUT2D eigenvalue weighted by Gasteiger charge is -2.39. The minimum atomic E-state index is 0.0448. The van der Waals surface area contributed by atoms with Crippen molar-refractivity contribution in [3.63, 3.8) is 0 Å². The quantitative estimate of drug-likeness (QED) is 0.847. The average molecular weight is 318 g/mol. The van der Waals surface area contributed by atoms with E-state index in [2.05, 4.69) is 29.3 Å². The Morgan fingerprint density at radius 1 is 1.27 bits per heavy atom. The first kappa shape index (κ1) is 15.9. The molecule has 1 spiro atoms. The second-order valence-corrected chi connectivity index (χ2v) is 7.87. The van der Waals surface area contributed by atoms with Gasteiger partial charge in [0.05, 0.1) is 5.92 Å². The minimum Gasteiger partial charge on any atom is -0.350 e. The Morgan fingerprint density at radius 3 is 2.68 bits per heavy atom. The molecule has 3 nitrogen and oxygen atoms in total. The van der Waals surface area contributed by atoms with Crippen LogP contribution in [0.5, 0.6) is 0 Å². The van der Waals surface area contributed by atoms with Gasteiger partial charge in [0.2, 0.25) is 5.91 Å². The maximum absolute atomic E-state index is 12.4. The lowest BCUT2D eigenvalue weighted by atomic mass is 9.82. The number of amides is 1. The highest BCUT2D eigenvalue weighted by atomic mass is 32.2. The molecule has 0 bridgehead atoms. The third-order valence-electron chi connectivity index (χ3n) is 5.07. The van der Waals surface area contributed by atoms with E-state index in [9.17, 15) is 4.79 Å². The highest BCUT2D eigenvalue weighted by Gasteiger charge is 2.45. The van der Waals surface area contributed by atoms with E-state index in [0.29, 0.717) is 0 Å². The highest BCUT2D eigenvalue weighted by molar-refractivity contribution is 7.99. The van der Waals surface area contributed by atoms with Gasteiger partial charge in [0.15, 0.2) is 0 Å². The molecule has 1 atom stereocenters. The number of nitrogens with one attached hydrogen (secondary N) is 1. The Hall–Kier alpha value is -1.00. The first-order valence-electron chi connectivity index (χ1n) is 8.39. The van der Waals surface area contributed by atoms with Crippen LogP contribution in [0.15, 0.2) is 30.3 Å². The van der Waals surface area contributed by atoms with Gasteiger partial charge in [-0.05, 0) is 30.6 Å². The summed E-state index contributed by atoms with van der Waals surface area (Å²) in [7, 11) is 0. The van der Waals surface area contributed by atoms with Crippen LogP contribution in [0.25, 0.3) is 0 Å². The maximum atomic E-state index is 12.4. The summed E-state index contributed by atoms with van der Waals surface area (Å²) in [5, 5.41) is 3.33. The molecule has 1 aromatic carbocycles. The van der Waals surface area contributed by atoms with Gasteiger partial charge < -0.3 is 10.2 Å². The van der Waals surface area contributed by atoms with Crippen LogP contribution in [0.1, 0.15) is 37.7 Å². The second-order valence-electron chi connectivity index (χ2n) is 6.48. The monoisotopic (exact) mass is 318 g/mol. The molecule has 2 fully saturated rings. The first-order valence-corrected chi connectivity index (χ1v) is 9.55. The molecule has 1 N–H and O–H groups in total. The van der Waals surface area contributed by atoms with Gasteiger partial charge >= 0.3 is 0 Å². The number of nitrogens with zero attached hydrogens (tertiary/aromatic N) is 1. The van der Waals surface area contributed by atoms with Gasteiger partial charge in [-0.2, -0.15) is 11.8 Å². The number of hydrogen-bond acceptors (Lipinski definition) is 3. The van der Waals surface area contributed by atoms with Crippen molar-refractivity contribution in [1.29, 1.82) is 0 Å². The maximum Gasteiger partial charge on any atom is 0.228 e. The van der Waals surface area contributed by atoms with Crippen molar-refractivity contribution >= 4 is 17.7 Å². The van der Waals surface area contributed by atoms with Crippen LogP contribution in [0.4, 0.5) is 0 Å². The van der Waals surface area contributed by atoms with Crippen LogP contribution in [0, 0.1) is 0 Å². The molecule has 4 heteroatoms. The zero-order valence-electron chi connectivity index (χ0n) is 13.4. The van der Waals surface area contributed by atoms with E-state index in [1.54, 1.807) is 0 Å². The number of thioether (sulfide) groups is 1. The van der Waals surface area contributed by atoms with E-state index in [1.807, 2.05) is 30.0 Å². The van der Waals surface area contributed by atoms with E-state index in [0.717, 1.165) is 32.4 Å². The third-order valence-corrected chi connectivity index (χ3v) is 5.95. The molecule has 2 aliphatic rings. The van der Waals surface area contributed by atoms with Crippen molar-refractivity contribution in [2.45, 2.75) is 37.6 Å². The Kier molecular flexibility index (Phi) is 5.09. The molecular formula is C18H26N2OS. The first-order chi connectivity index (χ1) is 10.7. The van der Waals surface area contributed by atoms with Crippen molar-refractivity contribution in [2.75, 3.05) is 31.1 Å². The Bertz CT molecular complexity index is 497. The summed E-state index contributed by atoms with van der Waals surface area (Å²) in [6, 6.07) is 10.2. The summed E-state index contributed by atoms with van der Waals surface area (Å²) < 4.78 is 0. The summed E-state index contributed by atoms with van der Waals surface area (Å²) in [4.78, 5) is 15.0. The van der Waals surface area contributed by atoms with E-state index in [-0.39, 0.29) is 17.4 Å². The zero-order chi connectivity index (χ0) is 15.4. The predicted octanol–water partition coefficient (Wildman–Crippen LogP) is 2.88. The number of likely N-dealkylation sites (tertiary alicyclic amines) is 1. The van der Waals surface area contributed by atoms with Gasteiger partial charge in [-0.3, -0.25) is 4.79 Å². The van der Waals surface area contributed by atoms with Crippen LogP contribution in [0.2, 0.25) is 0 Å². The summed E-state index contributed by atoms with van der Waals surface area (Å²) in [5.74, 6) is 2.69. The minimum absolute atomic E-state index is 0.0448. The molecular weight excluding hydrogens is 292 g/mol. The summed E-state index contributed by atoms with van der Waals surface area (Å²) in [5.41, 5.74) is 1.21. The summed E-state index contributed by atoms with van der Waals surface area (Å²) in [6.45, 7) is 5.64. The molecule has 1 unspecified atom stereocenters. The van der Waals surface area contributed by atoms with Crippen molar-refractivity contribution < 1.29 is 4.79 Å². The Labute approximate surface area is 137 Å². The molecule has 22 heavy (non-hydrogen) atoms. The molecule has 2 aliphatic heterocycles. The highest BCUT2D eigenvalue weighted by Crippen LogP contribution is 2.39. The third kappa shape index (κ3) is 3.49. The summed E-state index contributed by atoms with van der Waals surface area (Å²) in [6.07, 6.45) is 3.16. The van der Waals surface area contributed by atoms with Crippen LogP contribution < -0.4 is 5.32 Å². The standard InChI is InChI=1S/C18H26N2OS/c1-2-22-13-12-20-10-8-18(9-11-20)14-16(17(21)19-18)15-6-4-3-5-7-15/h3-7,16H,2,8-14H2,1H3,(H,19,21). The lowest BCUT2D eigenvalue weighted by Crippen LogP contribution is -2.51. The molecule has 0 radical (unpaired) electrons. The number of hydrogen-bond donors (Lipinski definition) is 1. The topological polar surface area (TPSA) is 32.3 Å². The van der Waals surface area contributed by atoms with E-state index >= 15 is 0 Å². The normalized spacial score (nSPS) is 24.6. The van der Waals surface area contributed by atoms with E-state index in [1.165, 1.54) is 23.6 Å². The van der Waals surface area contributed by atoms with Crippen molar-refractivity contribution in [1.82, 2.24) is 10.2 Å². The molecule has 2 saturated heterocycles. The SMILES string of the molecule is CCSCCN1CCC2(CC1)CC(c1ccccc1)C(=O)N2. The van der Waals surface area contributed by atoms with Gasteiger partial charge in [0.25, 0.3) is 0 Å². The van der Waals surface area contributed by atoms with Crippen molar-refractivity contribution in [2.24, 2.45) is 0 Å². The van der Waals surface area contributed by atoms with Crippen molar-refractivity contribution in [3.05, 3.63) is 35.9 Å². The fourth-order valence-corrected chi connectivity index (χ4v) is 4.39.